The molecule has 0 fully saturated rings. The van der Waals surface area contributed by atoms with Gasteiger partial charge in [-0.05, 0) is 31.2 Å². The van der Waals surface area contributed by atoms with Gasteiger partial charge in [0.2, 0.25) is 0 Å². The first-order chi connectivity index (χ1) is 8.85. The molecule has 18 heavy (non-hydrogen) atoms. The lowest BCUT2D eigenvalue weighted by Gasteiger charge is -2.17. The van der Waals surface area contributed by atoms with E-state index in [0.29, 0.717) is 0 Å². The molecule has 0 saturated heterocycles. The van der Waals surface area contributed by atoms with E-state index in [2.05, 4.69) is 34.2 Å². The van der Waals surface area contributed by atoms with Crippen molar-refractivity contribution in [2.75, 3.05) is 6.54 Å². The van der Waals surface area contributed by atoms with Gasteiger partial charge in [0.15, 0.2) is 0 Å². The third-order valence-corrected chi connectivity index (χ3v) is 2.94. The van der Waals surface area contributed by atoms with Crippen molar-refractivity contribution in [1.82, 2.24) is 25.1 Å². The molecule has 0 radical (unpaired) electrons. The van der Waals surface area contributed by atoms with E-state index in [1.807, 2.05) is 29.2 Å². The zero-order valence-corrected chi connectivity index (χ0v) is 10.9. The Morgan fingerprint density at radius 2 is 2.06 bits per heavy atom. The van der Waals surface area contributed by atoms with Crippen LogP contribution in [0.25, 0.3) is 0 Å². The molecule has 5 heteroatoms. The van der Waals surface area contributed by atoms with Crippen LogP contribution < -0.4 is 5.32 Å². The van der Waals surface area contributed by atoms with Crippen LogP contribution in [-0.4, -0.2) is 26.3 Å². The van der Waals surface area contributed by atoms with Crippen LogP contribution in [0.2, 0.25) is 0 Å². The average molecular weight is 245 g/mol. The molecular formula is C13H19N5. The second kappa shape index (κ2) is 6.26. The fourth-order valence-corrected chi connectivity index (χ4v) is 2.04. The molecule has 0 aliphatic heterocycles. The van der Waals surface area contributed by atoms with E-state index in [1.54, 1.807) is 6.33 Å². The maximum atomic E-state index is 4.33. The lowest BCUT2D eigenvalue weighted by atomic mass is 10.0. The third-order valence-electron chi connectivity index (χ3n) is 2.94. The summed E-state index contributed by atoms with van der Waals surface area (Å²) in [6, 6.07) is 4.34. The van der Waals surface area contributed by atoms with Gasteiger partial charge in [0.25, 0.3) is 0 Å². The summed E-state index contributed by atoms with van der Waals surface area (Å²) in [4.78, 5) is 8.39. The maximum Gasteiger partial charge on any atom is 0.138 e. The van der Waals surface area contributed by atoms with Crippen molar-refractivity contribution < 1.29 is 0 Å². The Labute approximate surface area is 107 Å². The van der Waals surface area contributed by atoms with Crippen molar-refractivity contribution in [3.05, 3.63) is 42.2 Å². The van der Waals surface area contributed by atoms with Gasteiger partial charge in [0.1, 0.15) is 12.2 Å². The summed E-state index contributed by atoms with van der Waals surface area (Å²) in [5, 5.41) is 7.69. The highest BCUT2D eigenvalue weighted by molar-refractivity contribution is 5.16. The molecule has 0 aliphatic rings. The number of likely N-dealkylation sites (N-methyl/N-ethyl adjacent to an activating group) is 1. The summed E-state index contributed by atoms with van der Waals surface area (Å²) in [6.07, 6.45) is 6.11. The van der Waals surface area contributed by atoms with Crippen LogP contribution in [0.15, 0.2) is 30.9 Å². The molecule has 0 aromatic carbocycles. The molecule has 2 heterocycles. The van der Waals surface area contributed by atoms with Crippen LogP contribution in [0.4, 0.5) is 0 Å². The van der Waals surface area contributed by atoms with E-state index in [0.717, 1.165) is 25.3 Å². The summed E-state index contributed by atoms with van der Waals surface area (Å²) in [6.45, 7) is 5.96. The molecule has 96 valence electrons. The van der Waals surface area contributed by atoms with E-state index < -0.39 is 0 Å². The van der Waals surface area contributed by atoms with Gasteiger partial charge in [-0.3, -0.25) is 9.67 Å². The monoisotopic (exact) mass is 245 g/mol. The number of hydrogen-bond donors (Lipinski definition) is 1. The SMILES string of the molecule is CCNC(Cc1ncnn1CC)c1ccncc1. The summed E-state index contributed by atoms with van der Waals surface area (Å²) in [5.41, 5.74) is 1.23. The number of pyridine rings is 1. The van der Waals surface area contributed by atoms with Crippen LogP contribution in [-0.2, 0) is 13.0 Å². The smallest absolute Gasteiger partial charge is 0.138 e. The van der Waals surface area contributed by atoms with Crippen molar-refractivity contribution >= 4 is 0 Å². The zero-order valence-electron chi connectivity index (χ0n) is 10.9. The standard InChI is InChI=1S/C13H19N5/c1-3-15-12(11-5-7-14-8-6-11)9-13-16-10-17-18(13)4-2/h5-8,10,12,15H,3-4,9H2,1-2H3. The van der Waals surface area contributed by atoms with Gasteiger partial charge in [-0.2, -0.15) is 5.10 Å². The predicted octanol–water partition coefficient (Wildman–Crippen LogP) is 1.59. The first-order valence-corrected chi connectivity index (χ1v) is 6.35. The Hall–Kier alpha value is -1.75. The van der Waals surface area contributed by atoms with Gasteiger partial charge in [0, 0.05) is 31.4 Å². The molecule has 2 aromatic heterocycles. The molecule has 0 aliphatic carbocycles. The fourth-order valence-electron chi connectivity index (χ4n) is 2.04. The van der Waals surface area contributed by atoms with Crippen molar-refractivity contribution in [3.63, 3.8) is 0 Å². The molecule has 1 N–H and O–H groups in total. The molecule has 0 bridgehead atoms. The van der Waals surface area contributed by atoms with Gasteiger partial charge >= 0.3 is 0 Å². The Morgan fingerprint density at radius 1 is 1.28 bits per heavy atom. The normalized spacial score (nSPS) is 12.6. The van der Waals surface area contributed by atoms with Crippen molar-refractivity contribution in [2.24, 2.45) is 0 Å². The van der Waals surface area contributed by atoms with E-state index in [9.17, 15) is 0 Å². The molecule has 0 amide bonds. The number of hydrogen-bond acceptors (Lipinski definition) is 4. The van der Waals surface area contributed by atoms with Crippen molar-refractivity contribution in [3.8, 4) is 0 Å². The number of nitrogens with zero attached hydrogens (tertiary/aromatic N) is 4. The number of nitrogens with one attached hydrogen (secondary N) is 1. The number of aromatic nitrogens is 4. The molecule has 1 atom stereocenters. The average Bonchev–Trinajstić information content (AvgIpc) is 2.86. The van der Waals surface area contributed by atoms with Crippen LogP contribution in [0.3, 0.4) is 0 Å². The number of aryl methyl sites for hydroxylation is 1. The van der Waals surface area contributed by atoms with Crippen LogP contribution in [0.1, 0.15) is 31.3 Å². The van der Waals surface area contributed by atoms with Gasteiger partial charge in [-0.15, -0.1) is 0 Å². The van der Waals surface area contributed by atoms with E-state index in [1.165, 1.54) is 5.56 Å². The summed E-state index contributed by atoms with van der Waals surface area (Å²) >= 11 is 0. The van der Waals surface area contributed by atoms with E-state index >= 15 is 0 Å². The van der Waals surface area contributed by atoms with E-state index in [-0.39, 0.29) is 6.04 Å². The van der Waals surface area contributed by atoms with E-state index in [4.69, 9.17) is 0 Å². The fraction of sp³-hybridized carbons (Fsp3) is 0.462. The highest BCUT2D eigenvalue weighted by Gasteiger charge is 2.14. The third kappa shape index (κ3) is 2.92. The second-order valence-electron chi connectivity index (χ2n) is 4.09. The second-order valence-corrected chi connectivity index (χ2v) is 4.09. The molecular weight excluding hydrogens is 226 g/mol. The Bertz CT molecular complexity index is 465. The molecule has 5 nitrogen and oxygen atoms in total. The predicted molar refractivity (Wildman–Crippen MR) is 70.1 cm³/mol. The topological polar surface area (TPSA) is 55.6 Å². The first kappa shape index (κ1) is 12.7. The minimum absolute atomic E-state index is 0.257. The van der Waals surface area contributed by atoms with Gasteiger partial charge in [0.05, 0.1) is 0 Å². The molecule has 2 aromatic rings. The molecule has 1 unspecified atom stereocenters. The quantitative estimate of drug-likeness (QED) is 0.839. The Balaban J connectivity index is 2.16. The minimum Gasteiger partial charge on any atom is -0.310 e. The lowest BCUT2D eigenvalue weighted by Crippen LogP contribution is -2.24. The number of rotatable bonds is 6. The summed E-state index contributed by atoms with van der Waals surface area (Å²) in [5.74, 6) is 1.01. The summed E-state index contributed by atoms with van der Waals surface area (Å²) in [7, 11) is 0. The van der Waals surface area contributed by atoms with Crippen molar-refractivity contribution in [2.45, 2.75) is 32.9 Å². The largest absolute Gasteiger partial charge is 0.310 e. The first-order valence-electron chi connectivity index (χ1n) is 6.35. The highest BCUT2D eigenvalue weighted by atomic mass is 15.3. The van der Waals surface area contributed by atoms with Crippen LogP contribution >= 0.6 is 0 Å². The molecule has 0 saturated carbocycles. The summed E-state index contributed by atoms with van der Waals surface area (Å²) < 4.78 is 1.94. The highest BCUT2D eigenvalue weighted by Crippen LogP contribution is 2.16. The van der Waals surface area contributed by atoms with Gasteiger partial charge in [-0.25, -0.2) is 4.98 Å². The maximum absolute atomic E-state index is 4.33. The zero-order chi connectivity index (χ0) is 12.8. The lowest BCUT2D eigenvalue weighted by molar-refractivity contribution is 0.509. The Kier molecular flexibility index (Phi) is 4.41. The van der Waals surface area contributed by atoms with Gasteiger partial charge in [-0.1, -0.05) is 6.92 Å². The van der Waals surface area contributed by atoms with Crippen LogP contribution in [0, 0.1) is 0 Å². The minimum atomic E-state index is 0.257. The van der Waals surface area contributed by atoms with Crippen molar-refractivity contribution in [1.29, 1.82) is 0 Å². The Morgan fingerprint density at radius 3 is 2.72 bits per heavy atom. The molecule has 0 spiro atoms. The van der Waals surface area contributed by atoms with Gasteiger partial charge < -0.3 is 5.32 Å². The van der Waals surface area contributed by atoms with Crippen LogP contribution in [0.5, 0.6) is 0 Å². The molecule has 2 rings (SSSR count).